The summed E-state index contributed by atoms with van der Waals surface area (Å²) in [5.41, 5.74) is 8.06. The summed E-state index contributed by atoms with van der Waals surface area (Å²) in [6, 6.07) is 1.71. The summed E-state index contributed by atoms with van der Waals surface area (Å²) < 4.78 is 1.68. The SMILES string of the molecule is CCc1c(N)cnc2cc(Cl)nn12. The maximum Gasteiger partial charge on any atom is 0.156 e. The van der Waals surface area contributed by atoms with E-state index in [1.54, 1.807) is 16.8 Å². The number of nitrogen functional groups attached to an aromatic ring is 1. The van der Waals surface area contributed by atoms with Gasteiger partial charge < -0.3 is 5.73 Å². The van der Waals surface area contributed by atoms with Crippen LogP contribution in [0.1, 0.15) is 12.6 Å². The highest BCUT2D eigenvalue weighted by Crippen LogP contribution is 2.16. The first kappa shape index (κ1) is 8.31. The summed E-state index contributed by atoms with van der Waals surface area (Å²) in [6.07, 6.45) is 2.44. The number of aryl methyl sites for hydroxylation is 1. The zero-order valence-corrected chi connectivity index (χ0v) is 7.91. The van der Waals surface area contributed by atoms with Gasteiger partial charge in [0.2, 0.25) is 0 Å². The topological polar surface area (TPSA) is 56.2 Å². The van der Waals surface area contributed by atoms with Gasteiger partial charge in [-0.05, 0) is 6.42 Å². The second-order valence-electron chi connectivity index (χ2n) is 2.75. The molecule has 0 fully saturated rings. The van der Waals surface area contributed by atoms with E-state index in [9.17, 15) is 0 Å². The zero-order chi connectivity index (χ0) is 9.42. The van der Waals surface area contributed by atoms with E-state index < -0.39 is 0 Å². The van der Waals surface area contributed by atoms with E-state index in [1.165, 1.54) is 0 Å². The molecule has 2 heterocycles. The Hall–Kier alpha value is -1.29. The molecule has 0 aliphatic carbocycles. The first-order valence-corrected chi connectivity index (χ1v) is 4.38. The van der Waals surface area contributed by atoms with Gasteiger partial charge in [0.05, 0.1) is 17.6 Å². The molecule has 0 bridgehead atoms. The lowest BCUT2D eigenvalue weighted by molar-refractivity contribution is 0.854. The molecule has 0 spiro atoms. The lowest BCUT2D eigenvalue weighted by atomic mass is 10.3. The summed E-state index contributed by atoms with van der Waals surface area (Å²) in [4.78, 5) is 4.10. The molecule has 0 aromatic carbocycles. The van der Waals surface area contributed by atoms with E-state index in [0.29, 0.717) is 10.8 Å². The predicted octanol–water partition coefficient (Wildman–Crippen LogP) is 1.53. The monoisotopic (exact) mass is 196 g/mol. The molecular formula is C8H9ClN4. The average molecular weight is 197 g/mol. The zero-order valence-electron chi connectivity index (χ0n) is 7.16. The average Bonchev–Trinajstić information content (AvgIpc) is 2.45. The Labute approximate surface area is 80.3 Å². The van der Waals surface area contributed by atoms with E-state index in [1.807, 2.05) is 6.92 Å². The molecule has 2 rings (SSSR count). The fourth-order valence-corrected chi connectivity index (χ4v) is 1.49. The quantitative estimate of drug-likeness (QED) is 0.753. The highest BCUT2D eigenvalue weighted by atomic mass is 35.5. The molecule has 0 unspecified atom stereocenters. The Kier molecular flexibility index (Phi) is 1.84. The minimum absolute atomic E-state index is 0.438. The number of aromatic nitrogens is 3. The standard InChI is InChI=1S/C8H9ClN4/c1-2-6-5(10)4-11-8-3-7(9)12-13(6)8/h3-4H,2,10H2,1H3. The van der Waals surface area contributed by atoms with Crippen molar-refractivity contribution in [2.24, 2.45) is 0 Å². The first-order chi connectivity index (χ1) is 6.22. The van der Waals surface area contributed by atoms with Crippen LogP contribution in [0.2, 0.25) is 5.15 Å². The van der Waals surface area contributed by atoms with E-state index in [4.69, 9.17) is 17.3 Å². The van der Waals surface area contributed by atoms with Gasteiger partial charge >= 0.3 is 0 Å². The van der Waals surface area contributed by atoms with Crippen LogP contribution >= 0.6 is 11.6 Å². The Morgan fingerprint density at radius 3 is 3.08 bits per heavy atom. The highest BCUT2D eigenvalue weighted by molar-refractivity contribution is 6.29. The van der Waals surface area contributed by atoms with Crippen LogP contribution in [0.5, 0.6) is 0 Å². The largest absolute Gasteiger partial charge is 0.396 e. The smallest absolute Gasteiger partial charge is 0.156 e. The van der Waals surface area contributed by atoms with E-state index in [0.717, 1.165) is 17.8 Å². The lowest BCUT2D eigenvalue weighted by Gasteiger charge is -2.03. The van der Waals surface area contributed by atoms with Gasteiger partial charge in [-0.15, -0.1) is 0 Å². The minimum Gasteiger partial charge on any atom is -0.396 e. The van der Waals surface area contributed by atoms with Crippen LogP contribution in [-0.2, 0) is 6.42 Å². The summed E-state index contributed by atoms with van der Waals surface area (Å²) in [7, 11) is 0. The van der Waals surface area contributed by atoms with Gasteiger partial charge in [0.1, 0.15) is 0 Å². The van der Waals surface area contributed by atoms with Crippen molar-refractivity contribution in [3.8, 4) is 0 Å². The van der Waals surface area contributed by atoms with Crippen LogP contribution in [0.4, 0.5) is 5.69 Å². The van der Waals surface area contributed by atoms with Gasteiger partial charge in [0.15, 0.2) is 10.8 Å². The fourth-order valence-electron chi connectivity index (χ4n) is 1.32. The summed E-state index contributed by atoms with van der Waals surface area (Å²) in [5.74, 6) is 0. The maximum absolute atomic E-state index is 5.75. The van der Waals surface area contributed by atoms with Crippen LogP contribution in [0, 0.1) is 0 Å². The van der Waals surface area contributed by atoms with E-state index in [-0.39, 0.29) is 0 Å². The molecule has 68 valence electrons. The molecule has 13 heavy (non-hydrogen) atoms. The number of nitrogens with two attached hydrogens (primary N) is 1. The van der Waals surface area contributed by atoms with Crippen molar-refractivity contribution >= 4 is 22.9 Å². The van der Waals surface area contributed by atoms with Crippen molar-refractivity contribution in [2.75, 3.05) is 5.73 Å². The van der Waals surface area contributed by atoms with Crippen LogP contribution in [0.25, 0.3) is 5.65 Å². The molecule has 2 aromatic heterocycles. The Bertz CT molecular complexity index is 449. The number of anilines is 1. The Morgan fingerprint density at radius 2 is 2.38 bits per heavy atom. The molecule has 0 saturated carbocycles. The molecule has 0 aliphatic heterocycles. The Morgan fingerprint density at radius 1 is 1.62 bits per heavy atom. The molecular weight excluding hydrogens is 188 g/mol. The molecule has 0 aliphatic rings. The molecule has 4 nitrogen and oxygen atoms in total. The second kappa shape index (κ2) is 2.88. The van der Waals surface area contributed by atoms with Crippen molar-refractivity contribution in [3.05, 3.63) is 23.1 Å². The van der Waals surface area contributed by atoms with Gasteiger partial charge in [-0.2, -0.15) is 5.10 Å². The number of halogens is 1. The molecule has 0 radical (unpaired) electrons. The number of rotatable bonds is 1. The third kappa shape index (κ3) is 1.23. The number of hydrogen-bond donors (Lipinski definition) is 1. The second-order valence-corrected chi connectivity index (χ2v) is 3.14. The number of fused-ring (bicyclic) bond motifs is 1. The van der Waals surface area contributed by atoms with Crippen LogP contribution < -0.4 is 5.73 Å². The predicted molar refractivity (Wildman–Crippen MR) is 51.8 cm³/mol. The molecule has 5 heteroatoms. The molecule has 2 aromatic rings. The van der Waals surface area contributed by atoms with Gasteiger partial charge in [-0.25, -0.2) is 9.50 Å². The normalized spacial score (nSPS) is 10.9. The maximum atomic E-state index is 5.75. The molecule has 0 atom stereocenters. The fraction of sp³-hybridized carbons (Fsp3) is 0.250. The van der Waals surface area contributed by atoms with E-state index in [2.05, 4.69) is 10.1 Å². The Balaban J connectivity index is 2.82. The summed E-state index contributed by atoms with van der Waals surface area (Å²) in [5, 5.41) is 4.52. The van der Waals surface area contributed by atoms with E-state index >= 15 is 0 Å². The van der Waals surface area contributed by atoms with Crippen molar-refractivity contribution in [2.45, 2.75) is 13.3 Å². The van der Waals surface area contributed by atoms with Crippen molar-refractivity contribution in [1.29, 1.82) is 0 Å². The van der Waals surface area contributed by atoms with Crippen LogP contribution in [-0.4, -0.2) is 14.6 Å². The van der Waals surface area contributed by atoms with Crippen molar-refractivity contribution in [1.82, 2.24) is 14.6 Å². The van der Waals surface area contributed by atoms with Gasteiger partial charge in [0, 0.05) is 6.07 Å². The summed E-state index contributed by atoms with van der Waals surface area (Å²) >= 11 is 5.75. The van der Waals surface area contributed by atoms with Crippen LogP contribution in [0.3, 0.4) is 0 Å². The lowest BCUT2D eigenvalue weighted by Crippen LogP contribution is -2.03. The van der Waals surface area contributed by atoms with Gasteiger partial charge in [-0.1, -0.05) is 18.5 Å². The van der Waals surface area contributed by atoms with Crippen LogP contribution in [0.15, 0.2) is 12.3 Å². The van der Waals surface area contributed by atoms with Crippen molar-refractivity contribution < 1.29 is 0 Å². The first-order valence-electron chi connectivity index (χ1n) is 4.01. The molecule has 0 amide bonds. The third-order valence-electron chi connectivity index (χ3n) is 1.92. The third-order valence-corrected chi connectivity index (χ3v) is 2.11. The van der Waals surface area contributed by atoms with Gasteiger partial charge in [0.25, 0.3) is 0 Å². The van der Waals surface area contributed by atoms with Crippen molar-refractivity contribution in [3.63, 3.8) is 0 Å². The summed E-state index contributed by atoms with van der Waals surface area (Å²) in [6.45, 7) is 2.01. The molecule has 0 saturated heterocycles. The minimum atomic E-state index is 0.438. The van der Waals surface area contributed by atoms with Gasteiger partial charge in [-0.3, -0.25) is 0 Å². The molecule has 2 N–H and O–H groups in total. The number of hydrogen-bond acceptors (Lipinski definition) is 3. The highest BCUT2D eigenvalue weighted by Gasteiger charge is 2.06. The number of nitrogens with zero attached hydrogens (tertiary/aromatic N) is 3.